The number of rotatable bonds is 16. The molecule has 172 valence electrons. The minimum Gasteiger partial charge on any atom is -0.463 e. The summed E-state index contributed by atoms with van der Waals surface area (Å²) in [6, 6.07) is 0. The summed E-state index contributed by atoms with van der Waals surface area (Å²) in [5.41, 5.74) is 1.11. The van der Waals surface area contributed by atoms with Crippen molar-refractivity contribution in [2.75, 3.05) is 13.2 Å². The number of carbonyl (C=O) groups is 1. The van der Waals surface area contributed by atoms with Crippen LogP contribution in [0.3, 0.4) is 0 Å². The van der Waals surface area contributed by atoms with E-state index in [1.165, 1.54) is 25.7 Å². The van der Waals surface area contributed by atoms with Crippen LogP contribution < -0.4 is 0 Å². The van der Waals surface area contributed by atoms with E-state index >= 15 is 0 Å². The van der Waals surface area contributed by atoms with E-state index in [0.29, 0.717) is 5.92 Å². The molecule has 0 aliphatic rings. The summed E-state index contributed by atoms with van der Waals surface area (Å²) in [6.45, 7) is 7.49. The molecule has 0 amide bonds. The van der Waals surface area contributed by atoms with Gasteiger partial charge in [0.25, 0.3) is 0 Å². The average molecular weight is 419 g/mol. The molecule has 0 aliphatic carbocycles. The van der Waals surface area contributed by atoms with Gasteiger partial charge >= 0.3 is 5.97 Å². The van der Waals surface area contributed by atoms with Gasteiger partial charge in [0.05, 0.1) is 13.0 Å². The Morgan fingerprint density at radius 3 is 2.10 bits per heavy atom. The van der Waals surface area contributed by atoms with Crippen molar-refractivity contribution in [3.05, 3.63) is 11.6 Å². The van der Waals surface area contributed by atoms with E-state index in [1.807, 2.05) is 6.92 Å². The van der Waals surface area contributed by atoms with Crippen LogP contribution in [0.1, 0.15) is 72.6 Å². The summed E-state index contributed by atoms with van der Waals surface area (Å²) in [5, 5.41) is 46.9. The topological polar surface area (TPSA) is 127 Å². The molecule has 0 spiro atoms. The lowest BCUT2D eigenvalue weighted by molar-refractivity contribution is -0.155. The molecule has 0 aromatic rings. The molecule has 0 fully saturated rings. The van der Waals surface area contributed by atoms with Crippen molar-refractivity contribution in [2.45, 2.75) is 97.1 Å². The van der Waals surface area contributed by atoms with Crippen LogP contribution in [-0.4, -0.2) is 69.1 Å². The largest absolute Gasteiger partial charge is 0.463 e. The van der Waals surface area contributed by atoms with Crippen molar-refractivity contribution in [1.29, 1.82) is 0 Å². The molecule has 5 N–H and O–H groups in total. The predicted octanol–water partition coefficient (Wildman–Crippen LogP) is 1.93. The maximum Gasteiger partial charge on any atom is 0.309 e. The molecular formula is C22H42O7. The van der Waals surface area contributed by atoms with Gasteiger partial charge in [0, 0.05) is 0 Å². The van der Waals surface area contributed by atoms with Gasteiger partial charge < -0.3 is 30.3 Å². The summed E-state index contributed by atoms with van der Waals surface area (Å²) in [6.07, 6.45) is 2.24. The monoisotopic (exact) mass is 418 g/mol. The highest BCUT2D eigenvalue weighted by Crippen LogP contribution is 2.19. The molecule has 7 nitrogen and oxygen atoms in total. The Hall–Kier alpha value is -0.990. The Morgan fingerprint density at radius 2 is 1.52 bits per heavy atom. The molecule has 0 bridgehead atoms. The second-order valence-corrected chi connectivity index (χ2v) is 8.56. The van der Waals surface area contributed by atoms with Gasteiger partial charge in [-0.15, -0.1) is 0 Å². The first-order valence-corrected chi connectivity index (χ1v) is 10.7. The molecule has 0 heterocycles. The van der Waals surface area contributed by atoms with E-state index in [2.05, 4.69) is 20.8 Å². The summed E-state index contributed by atoms with van der Waals surface area (Å²) >= 11 is 0. The van der Waals surface area contributed by atoms with Crippen LogP contribution in [0, 0.1) is 11.8 Å². The molecule has 0 aromatic carbocycles. The zero-order valence-electron chi connectivity index (χ0n) is 18.5. The van der Waals surface area contributed by atoms with Crippen molar-refractivity contribution in [3.63, 3.8) is 0 Å². The summed E-state index contributed by atoms with van der Waals surface area (Å²) in [5.74, 6) is 0.919. The van der Waals surface area contributed by atoms with Gasteiger partial charge in [-0.1, -0.05) is 58.1 Å². The molecule has 0 radical (unpaired) electrons. The third-order valence-electron chi connectivity index (χ3n) is 5.10. The molecule has 7 heteroatoms. The lowest BCUT2D eigenvalue weighted by atomic mass is 9.94. The standard InChI is InChI=1S/C22H42O7/c1-15(2)7-5-8-16(3)9-6-10-17(4)11-12-20(26)29-14-19(25)22(28)21(27)18(24)13-23/h11,15-16,18-19,21-25,27-28H,5-10,12-14H2,1-4H3/t16?,18-,19+,21-,22-/m1/s1. The third kappa shape index (κ3) is 13.8. The molecule has 0 saturated carbocycles. The summed E-state index contributed by atoms with van der Waals surface area (Å²) in [7, 11) is 0. The van der Waals surface area contributed by atoms with Crippen molar-refractivity contribution in [1.82, 2.24) is 0 Å². The van der Waals surface area contributed by atoms with E-state index in [1.54, 1.807) is 6.08 Å². The minimum atomic E-state index is -1.73. The van der Waals surface area contributed by atoms with E-state index < -0.39 is 43.6 Å². The van der Waals surface area contributed by atoms with Crippen molar-refractivity contribution in [2.24, 2.45) is 11.8 Å². The first-order chi connectivity index (χ1) is 13.6. The Morgan fingerprint density at radius 1 is 0.931 bits per heavy atom. The number of carbonyl (C=O) groups excluding carboxylic acids is 1. The van der Waals surface area contributed by atoms with E-state index in [9.17, 15) is 25.2 Å². The van der Waals surface area contributed by atoms with Gasteiger partial charge in [-0.2, -0.15) is 0 Å². The third-order valence-corrected chi connectivity index (χ3v) is 5.10. The number of hydrogen-bond donors (Lipinski definition) is 5. The summed E-state index contributed by atoms with van der Waals surface area (Å²) in [4.78, 5) is 11.8. The van der Waals surface area contributed by atoms with Gasteiger partial charge in [-0.25, -0.2) is 0 Å². The molecular weight excluding hydrogens is 376 g/mol. The molecule has 0 aliphatic heterocycles. The van der Waals surface area contributed by atoms with Crippen LogP contribution in [0.25, 0.3) is 0 Å². The fourth-order valence-corrected chi connectivity index (χ4v) is 3.01. The van der Waals surface area contributed by atoms with Gasteiger partial charge in [0.2, 0.25) is 0 Å². The Balaban J connectivity index is 4.05. The molecule has 5 atom stereocenters. The fourth-order valence-electron chi connectivity index (χ4n) is 3.01. The normalized spacial score (nSPS) is 17.7. The van der Waals surface area contributed by atoms with Gasteiger partial charge in [0.1, 0.15) is 31.0 Å². The Bertz CT molecular complexity index is 464. The number of aliphatic hydroxyl groups is 5. The van der Waals surface area contributed by atoms with Crippen LogP contribution in [0.4, 0.5) is 0 Å². The highest BCUT2D eigenvalue weighted by Gasteiger charge is 2.30. The van der Waals surface area contributed by atoms with Crippen LogP contribution in [0.5, 0.6) is 0 Å². The highest BCUT2D eigenvalue weighted by molar-refractivity contribution is 5.71. The van der Waals surface area contributed by atoms with Gasteiger partial charge in [-0.3, -0.25) is 4.79 Å². The smallest absolute Gasteiger partial charge is 0.309 e. The molecule has 1 unspecified atom stereocenters. The van der Waals surface area contributed by atoms with E-state index in [0.717, 1.165) is 24.3 Å². The van der Waals surface area contributed by atoms with Crippen LogP contribution in [0.15, 0.2) is 11.6 Å². The Labute approximate surface area is 175 Å². The number of ether oxygens (including phenoxy) is 1. The molecule has 0 aromatic heterocycles. The van der Waals surface area contributed by atoms with Crippen molar-refractivity contribution < 1.29 is 35.1 Å². The summed E-state index contributed by atoms with van der Waals surface area (Å²) < 4.78 is 4.90. The van der Waals surface area contributed by atoms with Crippen molar-refractivity contribution >= 4 is 5.97 Å². The van der Waals surface area contributed by atoms with Gasteiger partial charge in [-0.05, 0) is 31.6 Å². The predicted molar refractivity (Wildman–Crippen MR) is 112 cm³/mol. The first kappa shape index (κ1) is 28.0. The number of aliphatic hydroxyl groups excluding tert-OH is 5. The quantitative estimate of drug-likeness (QED) is 0.191. The zero-order chi connectivity index (χ0) is 22.4. The number of esters is 1. The molecule has 0 saturated heterocycles. The lowest BCUT2D eigenvalue weighted by Gasteiger charge is -2.25. The second-order valence-electron chi connectivity index (χ2n) is 8.56. The van der Waals surface area contributed by atoms with E-state index in [4.69, 9.17) is 9.84 Å². The molecule has 0 rings (SSSR count). The van der Waals surface area contributed by atoms with Crippen LogP contribution in [-0.2, 0) is 9.53 Å². The second kappa shape index (κ2) is 15.8. The lowest BCUT2D eigenvalue weighted by Crippen LogP contribution is -2.47. The van der Waals surface area contributed by atoms with Crippen LogP contribution >= 0.6 is 0 Å². The van der Waals surface area contributed by atoms with Gasteiger partial charge in [0.15, 0.2) is 0 Å². The zero-order valence-corrected chi connectivity index (χ0v) is 18.5. The maximum absolute atomic E-state index is 11.8. The van der Waals surface area contributed by atoms with Crippen LogP contribution in [0.2, 0.25) is 0 Å². The highest BCUT2D eigenvalue weighted by atomic mass is 16.5. The van der Waals surface area contributed by atoms with E-state index in [-0.39, 0.29) is 6.42 Å². The average Bonchev–Trinajstić information content (AvgIpc) is 2.68. The molecule has 29 heavy (non-hydrogen) atoms. The van der Waals surface area contributed by atoms with Crippen molar-refractivity contribution in [3.8, 4) is 0 Å². The fraction of sp³-hybridized carbons (Fsp3) is 0.864. The number of hydrogen-bond acceptors (Lipinski definition) is 7. The minimum absolute atomic E-state index is 0.0699. The maximum atomic E-state index is 11.8. The number of allylic oxidation sites excluding steroid dienone is 1. The Kier molecular flexibility index (Phi) is 15.3. The SMILES string of the molecule is CC(=CCC(=O)OC[C@H](O)[C@@H](O)[C@H](O)[C@H](O)CO)CCCC(C)CCCC(C)C. The first-order valence-electron chi connectivity index (χ1n) is 10.7.